The van der Waals surface area contributed by atoms with Crippen LogP contribution in [0.3, 0.4) is 0 Å². The van der Waals surface area contributed by atoms with Crippen molar-refractivity contribution in [1.82, 2.24) is 10.3 Å². The molecule has 1 heterocycles. The molecule has 1 aromatic heterocycles. The lowest BCUT2D eigenvalue weighted by Crippen LogP contribution is -2.04. The van der Waals surface area contributed by atoms with Crippen molar-refractivity contribution in [2.75, 3.05) is 14.2 Å². The van der Waals surface area contributed by atoms with E-state index in [1.165, 1.54) is 0 Å². The molecule has 2 rings (SSSR count). The van der Waals surface area contributed by atoms with E-state index in [4.69, 9.17) is 9.15 Å². The summed E-state index contributed by atoms with van der Waals surface area (Å²) in [5.74, 6) is 2.30. The number of hydrogen-bond donors (Lipinski definition) is 1. The number of nitrogens with one attached hydrogen (secondary N) is 1. The lowest BCUT2D eigenvalue weighted by Gasteiger charge is -2.05. The van der Waals surface area contributed by atoms with E-state index in [1.54, 1.807) is 13.3 Å². The minimum atomic E-state index is 0.628. The Bertz CT molecular complexity index is 506. The molecule has 0 unspecified atom stereocenters. The molecule has 90 valence electrons. The highest BCUT2D eigenvalue weighted by Gasteiger charge is 2.08. The van der Waals surface area contributed by atoms with Crippen molar-refractivity contribution in [3.63, 3.8) is 0 Å². The van der Waals surface area contributed by atoms with Crippen molar-refractivity contribution in [3.05, 3.63) is 35.9 Å². The smallest absolute Gasteiger partial charge is 0.208 e. The maximum absolute atomic E-state index is 5.62. The van der Waals surface area contributed by atoms with Gasteiger partial charge < -0.3 is 14.5 Å². The Morgan fingerprint density at radius 2 is 2.24 bits per heavy atom. The molecule has 4 nitrogen and oxygen atoms in total. The Labute approximate surface area is 101 Å². The van der Waals surface area contributed by atoms with E-state index in [9.17, 15) is 0 Å². The minimum absolute atomic E-state index is 0.628. The van der Waals surface area contributed by atoms with Crippen molar-refractivity contribution >= 4 is 0 Å². The van der Waals surface area contributed by atoms with Crippen LogP contribution in [0.15, 0.2) is 28.8 Å². The fourth-order valence-corrected chi connectivity index (χ4v) is 1.65. The predicted octanol–water partition coefficient (Wildman–Crippen LogP) is 2.38. The maximum Gasteiger partial charge on any atom is 0.208 e. The average molecular weight is 232 g/mol. The van der Waals surface area contributed by atoms with E-state index in [0.717, 1.165) is 22.6 Å². The molecule has 17 heavy (non-hydrogen) atoms. The van der Waals surface area contributed by atoms with Crippen LogP contribution in [0.4, 0.5) is 0 Å². The number of aryl methyl sites for hydroxylation is 1. The van der Waals surface area contributed by atoms with Crippen LogP contribution in [0.1, 0.15) is 11.5 Å². The van der Waals surface area contributed by atoms with Gasteiger partial charge in [0.2, 0.25) is 5.89 Å². The van der Waals surface area contributed by atoms with E-state index >= 15 is 0 Å². The Kier molecular flexibility index (Phi) is 3.44. The first-order chi connectivity index (χ1) is 8.24. The molecule has 0 saturated carbocycles. The van der Waals surface area contributed by atoms with Crippen LogP contribution in [-0.4, -0.2) is 19.1 Å². The van der Waals surface area contributed by atoms with Gasteiger partial charge in [-0.05, 0) is 25.6 Å². The minimum Gasteiger partial charge on any atom is -0.496 e. The van der Waals surface area contributed by atoms with Gasteiger partial charge >= 0.3 is 0 Å². The number of ether oxygens (including phenoxy) is 1. The van der Waals surface area contributed by atoms with Crippen molar-refractivity contribution in [3.8, 4) is 17.1 Å². The summed E-state index contributed by atoms with van der Waals surface area (Å²) in [7, 11) is 3.53. The fraction of sp³-hybridized carbons (Fsp3) is 0.308. The van der Waals surface area contributed by atoms with Gasteiger partial charge in [-0.1, -0.05) is 12.1 Å². The van der Waals surface area contributed by atoms with E-state index in [1.807, 2.05) is 32.2 Å². The molecule has 0 fully saturated rings. The zero-order valence-electron chi connectivity index (χ0n) is 10.3. The van der Waals surface area contributed by atoms with Crippen molar-refractivity contribution < 1.29 is 9.15 Å². The first-order valence-electron chi connectivity index (χ1n) is 5.49. The monoisotopic (exact) mass is 232 g/mol. The summed E-state index contributed by atoms with van der Waals surface area (Å²) in [6, 6.07) is 5.97. The van der Waals surface area contributed by atoms with Crippen LogP contribution in [0.25, 0.3) is 11.3 Å². The molecule has 0 aliphatic heterocycles. The molecule has 4 heteroatoms. The zero-order chi connectivity index (χ0) is 12.3. The van der Waals surface area contributed by atoms with Crippen molar-refractivity contribution in [1.29, 1.82) is 0 Å². The number of benzene rings is 1. The van der Waals surface area contributed by atoms with Crippen LogP contribution in [-0.2, 0) is 6.54 Å². The Morgan fingerprint density at radius 3 is 2.94 bits per heavy atom. The van der Waals surface area contributed by atoms with Crippen LogP contribution >= 0.6 is 0 Å². The summed E-state index contributed by atoms with van der Waals surface area (Å²) in [6.07, 6.45) is 1.73. The molecule has 0 spiro atoms. The summed E-state index contributed by atoms with van der Waals surface area (Å²) in [5.41, 5.74) is 2.08. The third-order valence-electron chi connectivity index (χ3n) is 2.57. The van der Waals surface area contributed by atoms with Gasteiger partial charge in [-0.2, -0.15) is 0 Å². The first kappa shape index (κ1) is 11.7. The summed E-state index contributed by atoms with van der Waals surface area (Å²) in [4.78, 5) is 4.19. The number of nitrogens with zero attached hydrogens (tertiary/aromatic N) is 1. The molecule has 1 aromatic carbocycles. The molecule has 0 bridgehead atoms. The molecule has 0 saturated heterocycles. The number of oxazole rings is 1. The van der Waals surface area contributed by atoms with E-state index in [0.29, 0.717) is 12.4 Å². The Hall–Kier alpha value is -1.81. The van der Waals surface area contributed by atoms with E-state index in [2.05, 4.69) is 10.3 Å². The lowest BCUT2D eigenvalue weighted by atomic mass is 10.1. The van der Waals surface area contributed by atoms with E-state index < -0.39 is 0 Å². The summed E-state index contributed by atoms with van der Waals surface area (Å²) in [5, 5.41) is 3.00. The van der Waals surface area contributed by atoms with E-state index in [-0.39, 0.29) is 0 Å². The van der Waals surface area contributed by atoms with Gasteiger partial charge in [-0.25, -0.2) is 4.98 Å². The maximum atomic E-state index is 5.62. The van der Waals surface area contributed by atoms with Crippen LogP contribution < -0.4 is 10.1 Å². The van der Waals surface area contributed by atoms with Gasteiger partial charge in [0.15, 0.2) is 5.76 Å². The molecule has 1 N–H and O–H groups in total. The largest absolute Gasteiger partial charge is 0.496 e. The Morgan fingerprint density at radius 1 is 1.41 bits per heavy atom. The van der Waals surface area contributed by atoms with Gasteiger partial charge in [0.25, 0.3) is 0 Å². The highest BCUT2D eigenvalue weighted by Crippen LogP contribution is 2.27. The van der Waals surface area contributed by atoms with Crippen molar-refractivity contribution in [2.24, 2.45) is 0 Å². The second-order valence-electron chi connectivity index (χ2n) is 3.83. The average Bonchev–Trinajstić information content (AvgIpc) is 2.79. The first-order valence-corrected chi connectivity index (χ1v) is 5.49. The molecule has 0 radical (unpaired) electrons. The van der Waals surface area contributed by atoms with Gasteiger partial charge in [-0.3, -0.25) is 0 Å². The van der Waals surface area contributed by atoms with Crippen LogP contribution in [0.2, 0.25) is 0 Å². The Balaban J connectivity index is 2.32. The summed E-state index contributed by atoms with van der Waals surface area (Å²) in [6.45, 7) is 2.64. The predicted molar refractivity (Wildman–Crippen MR) is 66.0 cm³/mol. The molecular formula is C13H16N2O2. The highest BCUT2D eigenvalue weighted by atomic mass is 16.5. The summed E-state index contributed by atoms with van der Waals surface area (Å²) >= 11 is 0. The number of hydrogen-bond acceptors (Lipinski definition) is 4. The third-order valence-corrected chi connectivity index (χ3v) is 2.57. The van der Waals surface area contributed by atoms with Gasteiger partial charge in [0.05, 0.1) is 19.9 Å². The molecular weight excluding hydrogens is 216 g/mol. The van der Waals surface area contributed by atoms with Gasteiger partial charge in [0, 0.05) is 5.56 Å². The third kappa shape index (κ3) is 2.47. The van der Waals surface area contributed by atoms with Crippen molar-refractivity contribution in [2.45, 2.75) is 13.5 Å². The summed E-state index contributed by atoms with van der Waals surface area (Å²) < 4.78 is 10.9. The molecule has 2 aromatic rings. The topological polar surface area (TPSA) is 47.3 Å². The number of methoxy groups -OCH3 is 1. The standard InChI is InChI=1S/C13H16N2O2/c1-9-4-5-10(6-11(9)16-3)12-7-15-13(17-12)8-14-2/h4-7,14H,8H2,1-3H3. The molecule has 0 aliphatic carbocycles. The zero-order valence-corrected chi connectivity index (χ0v) is 10.3. The van der Waals surface area contributed by atoms with Crippen LogP contribution in [0, 0.1) is 6.92 Å². The highest BCUT2D eigenvalue weighted by molar-refractivity contribution is 5.60. The van der Waals surface area contributed by atoms with Gasteiger partial charge in [-0.15, -0.1) is 0 Å². The SMILES string of the molecule is CNCc1ncc(-c2ccc(C)c(OC)c2)o1. The molecule has 0 atom stereocenters. The molecule has 0 aliphatic rings. The normalized spacial score (nSPS) is 10.5. The fourth-order valence-electron chi connectivity index (χ4n) is 1.65. The number of rotatable bonds is 4. The number of aromatic nitrogens is 1. The quantitative estimate of drug-likeness (QED) is 0.879. The van der Waals surface area contributed by atoms with Crippen LogP contribution in [0.5, 0.6) is 5.75 Å². The molecule has 0 amide bonds. The second kappa shape index (κ2) is 5.01. The second-order valence-corrected chi connectivity index (χ2v) is 3.83. The van der Waals surface area contributed by atoms with Gasteiger partial charge in [0.1, 0.15) is 5.75 Å². The lowest BCUT2D eigenvalue weighted by molar-refractivity contribution is 0.411.